The van der Waals surface area contributed by atoms with Gasteiger partial charge in [0.05, 0.1) is 6.10 Å². The molecule has 0 spiro atoms. The summed E-state index contributed by atoms with van der Waals surface area (Å²) in [5, 5.41) is 23.1. The van der Waals surface area contributed by atoms with Crippen LogP contribution >= 0.6 is 0 Å². The van der Waals surface area contributed by atoms with E-state index >= 15 is 0 Å². The van der Waals surface area contributed by atoms with E-state index in [1.165, 1.54) is 31.4 Å². The van der Waals surface area contributed by atoms with E-state index in [2.05, 4.69) is 5.32 Å². The van der Waals surface area contributed by atoms with Gasteiger partial charge in [-0.25, -0.2) is 4.39 Å². The van der Waals surface area contributed by atoms with E-state index in [1.54, 1.807) is 12.1 Å². The van der Waals surface area contributed by atoms with Crippen molar-refractivity contribution in [3.05, 3.63) is 35.6 Å². The average Bonchev–Trinajstić information content (AvgIpc) is 2.62. The molecule has 1 heterocycles. The lowest BCUT2D eigenvalue weighted by Crippen LogP contribution is -2.54. The van der Waals surface area contributed by atoms with E-state index in [1.807, 2.05) is 4.90 Å². The Bertz CT molecular complexity index is 595. The number of halogens is 1. The standard InChI is InChI=1S/C20H29FN2O3/c21-17-7-5-14(6-8-17)10-22-11-18(24)13-23-12-16-4-2-1-3-15(16)9-19(23)20(25)26/h5-8,15-16,18-19,22,24H,1-4,9-13H2,(H,25,26)/t15-,16+,18-,19-/m0/s1. The lowest BCUT2D eigenvalue weighted by atomic mass is 9.73. The summed E-state index contributed by atoms with van der Waals surface area (Å²) in [4.78, 5) is 13.6. The molecule has 0 bridgehead atoms. The highest BCUT2D eigenvalue weighted by Gasteiger charge is 2.40. The van der Waals surface area contributed by atoms with Crippen LogP contribution in [0.2, 0.25) is 0 Å². The Morgan fingerprint density at radius 3 is 2.62 bits per heavy atom. The molecular formula is C20H29FN2O3. The molecule has 0 unspecified atom stereocenters. The van der Waals surface area contributed by atoms with E-state index in [4.69, 9.17) is 0 Å². The lowest BCUT2D eigenvalue weighted by molar-refractivity contribution is -0.147. The van der Waals surface area contributed by atoms with E-state index in [0.717, 1.165) is 18.5 Å². The maximum Gasteiger partial charge on any atom is 0.320 e. The second kappa shape index (κ2) is 8.93. The highest BCUT2D eigenvalue weighted by molar-refractivity contribution is 5.73. The number of carbonyl (C=O) groups is 1. The van der Waals surface area contributed by atoms with Gasteiger partial charge >= 0.3 is 5.97 Å². The number of rotatable bonds is 7. The first-order valence-corrected chi connectivity index (χ1v) is 9.63. The molecule has 1 saturated heterocycles. The van der Waals surface area contributed by atoms with Gasteiger partial charge in [0.1, 0.15) is 11.9 Å². The summed E-state index contributed by atoms with van der Waals surface area (Å²) in [5.41, 5.74) is 0.949. The molecule has 3 rings (SSSR count). The van der Waals surface area contributed by atoms with Crippen LogP contribution in [-0.2, 0) is 11.3 Å². The zero-order chi connectivity index (χ0) is 18.5. The Morgan fingerprint density at radius 1 is 1.23 bits per heavy atom. The van der Waals surface area contributed by atoms with Gasteiger partial charge in [0.15, 0.2) is 0 Å². The Labute approximate surface area is 154 Å². The van der Waals surface area contributed by atoms with Crippen LogP contribution in [0.15, 0.2) is 24.3 Å². The van der Waals surface area contributed by atoms with Gasteiger partial charge in [-0.05, 0) is 42.4 Å². The molecular weight excluding hydrogens is 335 g/mol. The Hall–Kier alpha value is -1.50. The third-order valence-corrected chi connectivity index (χ3v) is 5.85. The molecule has 26 heavy (non-hydrogen) atoms. The zero-order valence-corrected chi connectivity index (χ0v) is 15.1. The Kier molecular flexibility index (Phi) is 6.62. The van der Waals surface area contributed by atoms with E-state index in [-0.39, 0.29) is 5.82 Å². The van der Waals surface area contributed by atoms with E-state index in [9.17, 15) is 19.4 Å². The van der Waals surface area contributed by atoms with Crippen molar-refractivity contribution in [2.45, 2.75) is 50.8 Å². The average molecular weight is 364 g/mol. The maximum absolute atomic E-state index is 12.9. The smallest absolute Gasteiger partial charge is 0.320 e. The van der Waals surface area contributed by atoms with Gasteiger partial charge in [-0.2, -0.15) is 0 Å². The number of aliphatic hydroxyl groups is 1. The van der Waals surface area contributed by atoms with Gasteiger partial charge in [0, 0.05) is 26.2 Å². The molecule has 0 radical (unpaired) electrons. The summed E-state index contributed by atoms with van der Waals surface area (Å²) < 4.78 is 12.9. The number of piperidine rings is 1. The fourth-order valence-electron chi connectivity index (χ4n) is 4.48. The molecule has 0 amide bonds. The van der Waals surface area contributed by atoms with Crippen molar-refractivity contribution in [2.75, 3.05) is 19.6 Å². The number of likely N-dealkylation sites (tertiary alicyclic amines) is 1. The van der Waals surface area contributed by atoms with Crippen molar-refractivity contribution in [3.8, 4) is 0 Å². The number of carboxylic acids is 1. The molecule has 1 aliphatic heterocycles. The minimum Gasteiger partial charge on any atom is -0.480 e. The lowest BCUT2D eigenvalue weighted by Gasteiger charge is -2.45. The van der Waals surface area contributed by atoms with Crippen LogP contribution in [0.3, 0.4) is 0 Å². The second-order valence-corrected chi connectivity index (χ2v) is 7.76. The molecule has 6 heteroatoms. The fourth-order valence-corrected chi connectivity index (χ4v) is 4.48. The van der Waals surface area contributed by atoms with Crippen LogP contribution in [0, 0.1) is 17.7 Å². The first-order chi connectivity index (χ1) is 12.5. The van der Waals surface area contributed by atoms with Crippen molar-refractivity contribution in [1.29, 1.82) is 0 Å². The maximum atomic E-state index is 12.9. The number of nitrogens with one attached hydrogen (secondary N) is 1. The molecule has 1 aliphatic carbocycles. The van der Waals surface area contributed by atoms with Crippen LogP contribution in [-0.4, -0.2) is 52.9 Å². The minimum absolute atomic E-state index is 0.264. The van der Waals surface area contributed by atoms with Gasteiger partial charge < -0.3 is 15.5 Å². The van der Waals surface area contributed by atoms with Gasteiger partial charge in [-0.3, -0.25) is 9.69 Å². The van der Waals surface area contributed by atoms with Gasteiger partial charge in [0.25, 0.3) is 0 Å². The monoisotopic (exact) mass is 364 g/mol. The van der Waals surface area contributed by atoms with E-state index < -0.39 is 18.1 Å². The summed E-state index contributed by atoms with van der Waals surface area (Å²) in [5.74, 6) is 0.0497. The fraction of sp³-hybridized carbons (Fsp3) is 0.650. The highest BCUT2D eigenvalue weighted by atomic mass is 19.1. The third kappa shape index (κ3) is 5.02. The van der Waals surface area contributed by atoms with Crippen LogP contribution in [0.1, 0.15) is 37.7 Å². The number of aliphatic hydroxyl groups excluding tert-OH is 1. The van der Waals surface area contributed by atoms with Crippen LogP contribution < -0.4 is 5.32 Å². The number of carboxylic acid groups (broad SMARTS) is 1. The van der Waals surface area contributed by atoms with Crippen LogP contribution in [0.4, 0.5) is 4.39 Å². The number of hydrogen-bond acceptors (Lipinski definition) is 4. The quantitative estimate of drug-likeness (QED) is 0.692. The van der Waals surface area contributed by atoms with Crippen molar-refractivity contribution in [1.82, 2.24) is 10.2 Å². The highest BCUT2D eigenvalue weighted by Crippen LogP contribution is 2.38. The van der Waals surface area contributed by atoms with E-state index in [0.29, 0.717) is 37.9 Å². The summed E-state index contributed by atoms with van der Waals surface area (Å²) in [6.45, 7) is 2.08. The molecule has 2 aliphatic rings. The third-order valence-electron chi connectivity index (χ3n) is 5.85. The summed E-state index contributed by atoms with van der Waals surface area (Å²) in [6, 6.07) is 5.77. The van der Waals surface area contributed by atoms with Crippen molar-refractivity contribution < 1.29 is 19.4 Å². The summed E-state index contributed by atoms with van der Waals surface area (Å²) >= 11 is 0. The van der Waals surface area contributed by atoms with Crippen LogP contribution in [0.5, 0.6) is 0 Å². The zero-order valence-electron chi connectivity index (χ0n) is 15.1. The summed E-state index contributed by atoms with van der Waals surface area (Å²) in [7, 11) is 0. The number of hydrogen-bond donors (Lipinski definition) is 3. The number of fused-ring (bicyclic) bond motifs is 1. The molecule has 5 nitrogen and oxygen atoms in total. The number of β-amino-alcohol motifs (C(OH)–C–C–N with tert-alkyl or cyclic N) is 1. The Balaban J connectivity index is 1.48. The number of nitrogens with zero attached hydrogens (tertiary/aromatic N) is 1. The number of aliphatic carboxylic acids is 1. The topological polar surface area (TPSA) is 72.8 Å². The van der Waals surface area contributed by atoms with Gasteiger partial charge in [-0.15, -0.1) is 0 Å². The Morgan fingerprint density at radius 2 is 1.92 bits per heavy atom. The minimum atomic E-state index is -0.777. The molecule has 1 aromatic carbocycles. The molecule has 144 valence electrons. The van der Waals surface area contributed by atoms with Gasteiger partial charge in [0.2, 0.25) is 0 Å². The SMILES string of the molecule is O=C(O)[C@@H]1C[C@@H]2CCCC[C@@H]2CN1C[C@@H](O)CNCc1ccc(F)cc1. The predicted molar refractivity (Wildman–Crippen MR) is 97.2 cm³/mol. The number of benzene rings is 1. The van der Waals surface area contributed by atoms with Crippen molar-refractivity contribution in [3.63, 3.8) is 0 Å². The molecule has 3 N–H and O–H groups in total. The molecule has 2 fully saturated rings. The predicted octanol–water partition coefficient (Wildman–Crippen LogP) is 2.24. The first kappa shape index (κ1) is 19.3. The normalized spacial score (nSPS) is 27.7. The first-order valence-electron chi connectivity index (χ1n) is 9.63. The summed E-state index contributed by atoms with van der Waals surface area (Å²) in [6.07, 6.45) is 4.84. The molecule has 0 aromatic heterocycles. The van der Waals surface area contributed by atoms with Crippen molar-refractivity contribution >= 4 is 5.97 Å². The molecule has 1 saturated carbocycles. The van der Waals surface area contributed by atoms with Crippen LogP contribution in [0.25, 0.3) is 0 Å². The largest absolute Gasteiger partial charge is 0.480 e. The second-order valence-electron chi connectivity index (χ2n) is 7.76. The molecule has 4 atom stereocenters. The van der Waals surface area contributed by atoms with Crippen molar-refractivity contribution in [2.24, 2.45) is 11.8 Å². The molecule has 1 aromatic rings. The van der Waals surface area contributed by atoms with Gasteiger partial charge in [-0.1, -0.05) is 31.4 Å².